The van der Waals surface area contributed by atoms with Crippen LogP contribution in [0.15, 0.2) is 85.1 Å². The van der Waals surface area contributed by atoms with E-state index < -0.39 is 6.10 Å². The van der Waals surface area contributed by atoms with Gasteiger partial charge in [0.2, 0.25) is 0 Å². The summed E-state index contributed by atoms with van der Waals surface area (Å²) in [4.78, 5) is 38.4. The molecule has 450 valence electrons. The zero-order valence-corrected chi connectivity index (χ0v) is 51.7. The van der Waals surface area contributed by atoms with E-state index in [2.05, 4.69) is 106 Å². The lowest BCUT2D eigenvalue weighted by Crippen LogP contribution is -2.30. The number of hydrogen-bond donors (Lipinski definition) is 0. The van der Waals surface area contributed by atoms with Gasteiger partial charge in [-0.25, -0.2) is 0 Å². The average molecular weight is 1090 g/mol. The van der Waals surface area contributed by atoms with E-state index >= 15 is 0 Å². The second kappa shape index (κ2) is 66.1. The van der Waals surface area contributed by atoms with Crippen LogP contribution in [0.1, 0.15) is 335 Å². The van der Waals surface area contributed by atoms with Crippen LogP contribution in [0.25, 0.3) is 0 Å². The van der Waals surface area contributed by atoms with Gasteiger partial charge in [0.15, 0.2) is 6.10 Å². The van der Waals surface area contributed by atoms with Crippen molar-refractivity contribution in [1.82, 2.24) is 0 Å². The lowest BCUT2D eigenvalue weighted by atomic mass is 10.0. The van der Waals surface area contributed by atoms with Crippen LogP contribution in [0.4, 0.5) is 0 Å². The monoisotopic (exact) mass is 1090 g/mol. The Balaban J connectivity index is 4.31. The van der Waals surface area contributed by atoms with E-state index in [-0.39, 0.29) is 31.1 Å². The quantitative estimate of drug-likeness (QED) is 0.0261. The number of carbonyl (C=O) groups excluding carboxylic acids is 3. The summed E-state index contributed by atoms with van der Waals surface area (Å²) in [6, 6.07) is 0. The smallest absolute Gasteiger partial charge is 0.306 e. The fourth-order valence-electron chi connectivity index (χ4n) is 9.69. The summed E-state index contributed by atoms with van der Waals surface area (Å²) in [5.41, 5.74) is 0. The topological polar surface area (TPSA) is 78.9 Å². The molecule has 0 aromatic rings. The van der Waals surface area contributed by atoms with Gasteiger partial charge in [-0.1, -0.05) is 311 Å². The molecule has 0 N–H and O–H groups in total. The summed E-state index contributed by atoms with van der Waals surface area (Å²) in [6.07, 6.45) is 87.5. The van der Waals surface area contributed by atoms with Gasteiger partial charge >= 0.3 is 17.9 Å². The van der Waals surface area contributed by atoms with Crippen molar-refractivity contribution in [1.29, 1.82) is 0 Å². The number of carbonyl (C=O) groups is 3. The molecule has 0 amide bonds. The maximum absolute atomic E-state index is 12.9. The third-order valence-corrected chi connectivity index (χ3v) is 14.6. The van der Waals surface area contributed by atoms with Crippen molar-refractivity contribution in [2.45, 2.75) is 341 Å². The van der Waals surface area contributed by atoms with E-state index in [0.717, 1.165) is 122 Å². The fourth-order valence-corrected chi connectivity index (χ4v) is 9.69. The fraction of sp³-hybridized carbons (Fsp3) is 0.764. The maximum atomic E-state index is 12.9. The summed E-state index contributed by atoms with van der Waals surface area (Å²) in [5.74, 6) is -0.906. The van der Waals surface area contributed by atoms with Crippen molar-refractivity contribution in [3.63, 3.8) is 0 Å². The van der Waals surface area contributed by atoms with Crippen LogP contribution in [-0.4, -0.2) is 37.2 Å². The minimum Gasteiger partial charge on any atom is -0.462 e. The Hall–Kier alpha value is -3.41. The molecule has 0 radical (unpaired) electrons. The zero-order chi connectivity index (χ0) is 56.4. The van der Waals surface area contributed by atoms with Crippen LogP contribution in [0.2, 0.25) is 0 Å². The molecule has 0 aliphatic rings. The first kappa shape index (κ1) is 74.6. The van der Waals surface area contributed by atoms with Gasteiger partial charge in [-0.3, -0.25) is 14.4 Å². The van der Waals surface area contributed by atoms with Gasteiger partial charge in [0.1, 0.15) is 13.2 Å². The molecule has 78 heavy (non-hydrogen) atoms. The molecule has 0 fully saturated rings. The number of ether oxygens (including phenoxy) is 3. The van der Waals surface area contributed by atoms with Gasteiger partial charge in [0, 0.05) is 19.3 Å². The zero-order valence-electron chi connectivity index (χ0n) is 51.7. The highest BCUT2D eigenvalue weighted by atomic mass is 16.6. The molecule has 0 heterocycles. The molecular formula is C72H126O6. The number of allylic oxidation sites excluding steroid dienone is 14. The van der Waals surface area contributed by atoms with E-state index in [4.69, 9.17) is 14.2 Å². The number of unbranched alkanes of at least 4 members (excludes halogenated alkanes) is 36. The van der Waals surface area contributed by atoms with Gasteiger partial charge < -0.3 is 14.2 Å². The van der Waals surface area contributed by atoms with Crippen molar-refractivity contribution in [2.75, 3.05) is 13.2 Å². The summed E-state index contributed by atoms with van der Waals surface area (Å²) < 4.78 is 16.9. The van der Waals surface area contributed by atoms with Crippen LogP contribution in [0, 0.1) is 0 Å². The summed E-state index contributed by atoms with van der Waals surface area (Å²) in [6.45, 7) is 6.43. The van der Waals surface area contributed by atoms with Crippen molar-refractivity contribution in [3.8, 4) is 0 Å². The second-order valence-electron chi connectivity index (χ2n) is 22.3. The molecule has 6 heteroatoms. The molecule has 0 aliphatic carbocycles. The predicted octanol–water partition coefficient (Wildman–Crippen LogP) is 23.1. The molecular weight excluding hydrogens is 961 g/mol. The normalized spacial score (nSPS) is 12.6. The van der Waals surface area contributed by atoms with Crippen LogP contribution in [0.5, 0.6) is 0 Å². The van der Waals surface area contributed by atoms with Crippen LogP contribution < -0.4 is 0 Å². The van der Waals surface area contributed by atoms with E-state index in [1.807, 2.05) is 0 Å². The maximum Gasteiger partial charge on any atom is 0.306 e. The minimum absolute atomic E-state index is 0.0873. The predicted molar refractivity (Wildman–Crippen MR) is 339 cm³/mol. The molecule has 0 aromatic heterocycles. The standard InChI is InChI=1S/C72H126O6/c1-4-7-10-13-16-19-22-25-28-31-32-33-34-35-36-37-38-39-42-44-47-50-53-56-59-62-65-71(74)77-68-69(78-72(75)66-63-60-57-54-51-48-45-41-30-27-24-21-18-15-12-9-6-3)67-76-70(73)64-61-58-55-52-49-46-43-40-29-26-23-20-17-14-11-8-5-2/h8-9,11-12,17-18,20-21,26-27,29-30,45,48,69H,4-7,10,13-16,19,22-25,28,31-44,46-47,49-68H2,1-3H3/b11-8-,12-9-,20-17-,21-18-,29-26-,30-27-,48-45-. The molecule has 0 spiro atoms. The van der Waals surface area contributed by atoms with Gasteiger partial charge in [0.05, 0.1) is 0 Å². The highest BCUT2D eigenvalue weighted by molar-refractivity contribution is 5.71. The van der Waals surface area contributed by atoms with Gasteiger partial charge in [-0.2, -0.15) is 0 Å². The average Bonchev–Trinajstić information content (AvgIpc) is 3.44. The Labute approximate surface area is 484 Å². The molecule has 0 saturated carbocycles. The SMILES string of the molecule is CC/C=C\C/C=C\C/C=C\C/C=C\CCCCCCC(=O)OC(COC(=O)CCCCCCCCC/C=C\C/C=C\C/C=C\CC)COC(=O)CCCCCCCCCCCCCCCCCCCCCCCCCCCC. The lowest BCUT2D eigenvalue weighted by Gasteiger charge is -2.18. The molecule has 0 aromatic carbocycles. The summed E-state index contributed by atoms with van der Waals surface area (Å²) in [5, 5.41) is 0. The molecule has 6 nitrogen and oxygen atoms in total. The van der Waals surface area contributed by atoms with E-state index in [1.54, 1.807) is 0 Å². The molecule has 0 rings (SSSR count). The molecule has 1 atom stereocenters. The van der Waals surface area contributed by atoms with Crippen LogP contribution in [0.3, 0.4) is 0 Å². The Kier molecular flexibility index (Phi) is 63.2. The number of hydrogen-bond acceptors (Lipinski definition) is 6. The Morgan fingerprint density at radius 2 is 0.500 bits per heavy atom. The third kappa shape index (κ3) is 63.4. The Bertz CT molecular complexity index is 1480. The first-order valence-corrected chi connectivity index (χ1v) is 33.6. The number of rotatable bonds is 61. The molecule has 0 aliphatic heterocycles. The van der Waals surface area contributed by atoms with Gasteiger partial charge in [-0.15, -0.1) is 0 Å². The number of esters is 3. The highest BCUT2D eigenvalue weighted by Gasteiger charge is 2.19. The molecule has 0 bridgehead atoms. The van der Waals surface area contributed by atoms with Crippen LogP contribution in [-0.2, 0) is 28.6 Å². The van der Waals surface area contributed by atoms with E-state index in [0.29, 0.717) is 19.3 Å². The van der Waals surface area contributed by atoms with Crippen LogP contribution >= 0.6 is 0 Å². The van der Waals surface area contributed by atoms with E-state index in [1.165, 1.54) is 173 Å². The van der Waals surface area contributed by atoms with Crippen molar-refractivity contribution < 1.29 is 28.6 Å². The molecule has 0 saturated heterocycles. The Morgan fingerprint density at radius 3 is 0.782 bits per heavy atom. The van der Waals surface area contributed by atoms with Crippen molar-refractivity contribution in [3.05, 3.63) is 85.1 Å². The Morgan fingerprint density at radius 1 is 0.269 bits per heavy atom. The third-order valence-electron chi connectivity index (χ3n) is 14.6. The minimum atomic E-state index is -0.795. The van der Waals surface area contributed by atoms with Gasteiger partial charge in [-0.05, 0) is 89.9 Å². The first-order valence-electron chi connectivity index (χ1n) is 33.6. The van der Waals surface area contributed by atoms with Gasteiger partial charge in [0.25, 0.3) is 0 Å². The van der Waals surface area contributed by atoms with Crippen molar-refractivity contribution in [2.24, 2.45) is 0 Å². The lowest BCUT2D eigenvalue weighted by molar-refractivity contribution is -0.167. The summed E-state index contributed by atoms with van der Waals surface area (Å²) >= 11 is 0. The summed E-state index contributed by atoms with van der Waals surface area (Å²) in [7, 11) is 0. The first-order chi connectivity index (χ1) is 38.5. The largest absolute Gasteiger partial charge is 0.462 e. The van der Waals surface area contributed by atoms with E-state index in [9.17, 15) is 14.4 Å². The molecule has 1 unspecified atom stereocenters. The van der Waals surface area contributed by atoms with Crippen molar-refractivity contribution >= 4 is 17.9 Å². The second-order valence-corrected chi connectivity index (χ2v) is 22.3. The highest BCUT2D eigenvalue weighted by Crippen LogP contribution is 2.18.